The summed E-state index contributed by atoms with van der Waals surface area (Å²) in [5.74, 6) is 1.09. The standard InChI is InChI=1S/C50H82NO10P/c1-8-10-12-13-14-15-16-17-18-19-20-21-22-23-26-30-33-45(52)37-38-50(54)60-46(42-59-62(55,56)58-40-39-51(5,6)7)41-57-49(53)36-32-28-25-24-27-31-35-48-44(4)43(3)47(61-48)34-29-11-9-2/h10,12,14-15,17-18,20-21,23,26,30,33,45-46,52H,8-9,11,13,16,19,22,24-25,27-29,31-32,34-42H2,1-7H3/b12-10-,15-14-,18-17-,21-20-,26-23-,33-30-/t45?,46-/m1/s1. The number of furan rings is 1. The number of carbonyl (C=O) groups excluding carboxylic acids is 2. The zero-order chi connectivity index (χ0) is 45.9. The maximum atomic E-state index is 12.7. The van der Waals surface area contributed by atoms with Crippen LogP contribution >= 0.6 is 7.82 Å². The van der Waals surface area contributed by atoms with Gasteiger partial charge in [-0.15, -0.1) is 0 Å². The van der Waals surface area contributed by atoms with E-state index in [2.05, 4.69) is 76.3 Å². The van der Waals surface area contributed by atoms with E-state index in [-0.39, 0.29) is 32.5 Å². The van der Waals surface area contributed by atoms with Gasteiger partial charge < -0.3 is 37.4 Å². The molecule has 62 heavy (non-hydrogen) atoms. The fourth-order valence-corrected chi connectivity index (χ4v) is 6.85. The largest absolute Gasteiger partial charge is 0.756 e. The summed E-state index contributed by atoms with van der Waals surface area (Å²) in [6.45, 7) is 8.04. The van der Waals surface area contributed by atoms with Crippen LogP contribution in [0.15, 0.2) is 77.3 Å². The minimum atomic E-state index is -4.72. The van der Waals surface area contributed by atoms with Crippen LogP contribution in [0.3, 0.4) is 0 Å². The molecule has 0 spiro atoms. The topological polar surface area (TPSA) is 145 Å². The van der Waals surface area contributed by atoms with Gasteiger partial charge in [-0.3, -0.25) is 14.2 Å². The molecule has 1 aromatic rings. The number of nitrogens with zero attached hydrogens (tertiary/aromatic N) is 1. The van der Waals surface area contributed by atoms with Gasteiger partial charge in [-0.1, -0.05) is 125 Å². The summed E-state index contributed by atoms with van der Waals surface area (Å²) < 4.78 is 40.0. The second-order valence-electron chi connectivity index (χ2n) is 16.8. The molecule has 12 heteroatoms. The number of phosphoric acid groups is 1. The number of allylic oxidation sites excluding steroid dienone is 11. The van der Waals surface area contributed by atoms with E-state index in [1.807, 2.05) is 33.3 Å². The Morgan fingerprint density at radius 2 is 1.26 bits per heavy atom. The Kier molecular flexibility index (Phi) is 32.1. The van der Waals surface area contributed by atoms with Crippen LogP contribution in [0.2, 0.25) is 0 Å². The number of aliphatic hydroxyl groups excluding tert-OH is 1. The second kappa shape index (κ2) is 35.1. The third kappa shape index (κ3) is 31.5. The first-order valence-corrected chi connectivity index (χ1v) is 24.6. The highest BCUT2D eigenvalue weighted by molar-refractivity contribution is 7.45. The van der Waals surface area contributed by atoms with E-state index in [1.165, 1.54) is 24.0 Å². The van der Waals surface area contributed by atoms with Gasteiger partial charge in [0.2, 0.25) is 0 Å². The SMILES string of the molecule is CC/C=C\C/C=C\C/C=C\C/C=C\C/C=C\C=C/C(O)CCC(=O)O[C@H](COC(=O)CCCCCCCCc1oc(CCCCC)c(C)c1C)COP(=O)([O-])OCC[N+](C)(C)C. The number of likely N-dealkylation sites (N-methyl/N-ethyl adjacent to an activating group) is 1. The van der Waals surface area contributed by atoms with Crippen LogP contribution in [0.5, 0.6) is 0 Å². The number of aliphatic hydroxyl groups is 1. The molecule has 0 aliphatic rings. The molecule has 1 rings (SSSR count). The fraction of sp³-hybridized carbons (Fsp3) is 0.640. The van der Waals surface area contributed by atoms with Gasteiger partial charge in [0.05, 0.1) is 33.9 Å². The maximum Gasteiger partial charge on any atom is 0.306 e. The van der Waals surface area contributed by atoms with Crippen molar-refractivity contribution in [1.29, 1.82) is 0 Å². The lowest BCUT2D eigenvalue weighted by Gasteiger charge is -2.28. The molecule has 0 fully saturated rings. The summed E-state index contributed by atoms with van der Waals surface area (Å²) in [6.07, 6.45) is 38.2. The summed E-state index contributed by atoms with van der Waals surface area (Å²) in [6, 6.07) is 0. The molecule has 11 nitrogen and oxygen atoms in total. The van der Waals surface area contributed by atoms with Crippen molar-refractivity contribution in [2.24, 2.45) is 0 Å². The van der Waals surface area contributed by atoms with Crippen molar-refractivity contribution in [3.05, 3.63) is 95.6 Å². The average Bonchev–Trinajstić information content (AvgIpc) is 3.49. The van der Waals surface area contributed by atoms with Crippen LogP contribution in [0.1, 0.15) is 146 Å². The molecular formula is C50H82NO10P. The third-order valence-electron chi connectivity index (χ3n) is 10.1. The third-order valence-corrected chi connectivity index (χ3v) is 11.0. The smallest absolute Gasteiger partial charge is 0.306 e. The molecule has 0 aliphatic heterocycles. The number of aryl methyl sites for hydroxylation is 2. The zero-order valence-corrected chi connectivity index (χ0v) is 40.3. The van der Waals surface area contributed by atoms with Gasteiger partial charge in [0.25, 0.3) is 7.82 Å². The molecule has 0 aliphatic carbocycles. The first-order valence-electron chi connectivity index (χ1n) is 23.1. The predicted octanol–water partition coefficient (Wildman–Crippen LogP) is 11.0. The Morgan fingerprint density at radius 1 is 0.710 bits per heavy atom. The van der Waals surface area contributed by atoms with Crippen molar-refractivity contribution in [2.75, 3.05) is 47.5 Å². The van der Waals surface area contributed by atoms with Crippen LogP contribution in [0, 0.1) is 13.8 Å². The van der Waals surface area contributed by atoms with Crippen molar-refractivity contribution in [3.8, 4) is 0 Å². The molecular weight excluding hydrogens is 806 g/mol. The number of esters is 2. The number of hydrogen-bond donors (Lipinski definition) is 1. The van der Waals surface area contributed by atoms with Gasteiger partial charge in [-0.05, 0) is 82.8 Å². The highest BCUT2D eigenvalue weighted by atomic mass is 31.2. The van der Waals surface area contributed by atoms with Gasteiger partial charge in [-0.25, -0.2) is 0 Å². The summed E-state index contributed by atoms with van der Waals surface area (Å²) >= 11 is 0. The first-order chi connectivity index (χ1) is 29.7. The van der Waals surface area contributed by atoms with Crippen molar-refractivity contribution >= 4 is 19.8 Å². The fourth-order valence-electron chi connectivity index (χ4n) is 6.12. The second-order valence-corrected chi connectivity index (χ2v) is 18.2. The molecule has 0 saturated carbocycles. The lowest BCUT2D eigenvalue weighted by molar-refractivity contribution is -0.870. The molecule has 1 aromatic heterocycles. The highest BCUT2D eigenvalue weighted by Crippen LogP contribution is 2.38. The summed E-state index contributed by atoms with van der Waals surface area (Å²) in [4.78, 5) is 37.8. The van der Waals surface area contributed by atoms with Crippen LogP contribution in [-0.2, 0) is 45.5 Å². The molecule has 2 unspecified atom stereocenters. The lowest BCUT2D eigenvalue weighted by Crippen LogP contribution is -2.37. The van der Waals surface area contributed by atoms with E-state index >= 15 is 0 Å². The average molecular weight is 888 g/mol. The Balaban J connectivity index is 2.48. The summed E-state index contributed by atoms with van der Waals surface area (Å²) in [5.41, 5.74) is 2.58. The van der Waals surface area contributed by atoms with E-state index in [9.17, 15) is 24.2 Å². The van der Waals surface area contributed by atoms with E-state index < -0.39 is 38.6 Å². The number of hydrogen-bond acceptors (Lipinski definition) is 10. The van der Waals surface area contributed by atoms with Gasteiger partial charge in [-0.2, -0.15) is 0 Å². The van der Waals surface area contributed by atoms with Crippen LogP contribution in [0.25, 0.3) is 0 Å². The monoisotopic (exact) mass is 888 g/mol. The molecule has 0 radical (unpaired) electrons. The Labute approximate surface area is 375 Å². The Hall–Kier alpha value is -3.31. The van der Waals surface area contributed by atoms with Crippen molar-refractivity contribution in [2.45, 2.75) is 162 Å². The van der Waals surface area contributed by atoms with E-state index in [4.69, 9.17) is 22.9 Å². The number of unbranched alkanes of at least 4 members (excludes halogenated alkanes) is 7. The molecule has 3 atom stereocenters. The molecule has 0 bridgehead atoms. The molecule has 0 aromatic carbocycles. The molecule has 0 amide bonds. The van der Waals surface area contributed by atoms with E-state index in [0.29, 0.717) is 17.4 Å². The molecule has 1 N–H and O–H groups in total. The minimum Gasteiger partial charge on any atom is -0.756 e. The maximum absolute atomic E-state index is 12.7. The Morgan fingerprint density at radius 3 is 1.84 bits per heavy atom. The number of carbonyl (C=O) groups is 2. The molecule has 0 saturated heterocycles. The van der Waals surface area contributed by atoms with Crippen LogP contribution in [0.4, 0.5) is 0 Å². The number of quaternary nitrogens is 1. The number of phosphoric ester groups is 1. The van der Waals surface area contributed by atoms with Crippen LogP contribution in [-0.4, -0.2) is 81.2 Å². The quantitative estimate of drug-likeness (QED) is 0.0171. The first kappa shape index (κ1) is 56.7. The van der Waals surface area contributed by atoms with Crippen molar-refractivity contribution < 1.29 is 51.6 Å². The summed E-state index contributed by atoms with van der Waals surface area (Å²) in [5, 5.41) is 10.4. The normalized spacial score (nSPS) is 14.7. The van der Waals surface area contributed by atoms with Crippen LogP contribution < -0.4 is 4.89 Å². The Bertz CT molecular complexity index is 1580. The number of rotatable bonds is 37. The lowest BCUT2D eigenvalue weighted by atomic mass is 10.0. The van der Waals surface area contributed by atoms with E-state index in [0.717, 1.165) is 95.0 Å². The van der Waals surface area contributed by atoms with Gasteiger partial charge in [0.1, 0.15) is 31.3 Å². The molecule has 1 heterocycles. The highest BCUT2D eigenvalue weighted by Gasteiger charge is 2.22. The molecule has 352 valence electrons. The summed E-state index contributed by atoms with van der Waals surface area (Å²) in [7, 11) is 0.983. The van der Waals surface area contributed by atoms with E-state index in [1.54, 1.807) is 12.2 Å². The zero-order valence-electron chi connectivity index (χ0n) is 39.4. The van der Waals surface area contributed by atoms with Gasteiger partial charge in [0.15, 0.2) is 6.10 Å². The predicted molar refractivity (Wildman–Crippen MR) is 250 cm³/mol. The van der Waals surface area contributed by atoms with Gasteiger partial charge in [0, 0.05) is 25.7 Å². The van der Waals surface area contributed by atoms with Crippen molar-refractivity contribution in [3.63, 3.8) is 0 Å². The minimum absolute atomic E-state index is 0.0852. The van der Waals surface area contributed by atoms with Gasteiger partial charge >= 0.3 is 11.9 Å². The van der Waals surface area contributed by atoms with Crippen molar-refractivity contribution in [1.82, 2.24) is 0 Å². The number of ether oxygens (including phenoxy) is 2.